The first-order valence-corrected chi connectivity index (χ1v) is 9.49. The van der Waals surface area contributed by atoms with Crippen LogP contribution in [0.3, 0.4) is 0 Å². The van der Waals surface area contributed by atoms with Crippen LogP contribution in [-0.2, 0) is 7.05 Å². The zero-order valence-electron chi connectivity index (χ0n) is 16.0. The van der Waals surface area contributed by atoms with Crippen molar-refractivity contribution in [2.45, 2.75) is 0 Å². The van der Waals surface area contributed by atoms with Crippen LogP contribution >= 0.6 is 11.6 Å². The fourth-order valence-electron chi connectivity index (χ4n) is 3.14. The second-order valence-corrected chi connectivity index (χ2v) is 7.15. The van der Waals surface area contributed by atoms with E-state index >= 15 is 0 Å². The number of benzene rings is 2. The molecule has 7 nitrogen and oxygen atoms in total. The zero-order valence-corrected chi connectivity index (χ0v) is 16.8. The van der Waals surface area contributed by atoms with Gasteiger partial charge in [0.05, 0.1) is 17.1 Å². The number of carbonyl (C=O) groups excluding carboxylic acids is 2. The second-order valence-electron chi connectivity index (χ2n) is 6.71. The number of nitrogens with zero attached hydrogens (tertiary/aromatic N) is 3. The lowest BCUT2D eigenvalue weighted by molar-refractivity contribution is 0.0989. The van der Waals surface area contributed by atoms with Crippen molar-refractivity contribution in [1.29, 1.82) is 0 Å². The molecule has 4 rings (SSSR count). The summed E-state index contributed by atoms with van der Waals surface area (Å²) < 4.78 is 3.14. The summed E-state index contributed by atoms with van der Waals surface area (Å²) in [5.74, 6) is -0.939. The average Bonchev–Trinajstić information content (AvgIpc) is 3.33. The third kappa shape index (κ3) is 3.83. The minimum absolute atomic E-state index is 0.295. The van der Waals surface area contributed by atoms with Gasteiger partial charge in [0.2, 0.25) is 0 Å². The van der Waals surface area contributed by atoms with Crippen molar-refractivity contribution in [1.82, 2.24) is 14.3 Å². The molecule has 2 aromatic heterocycles. The fraction of sp³-hybridized carbons (Fsp3) is 0.0455. The van der Waals surface area contributed by atoms with Crippen LogP contribution in [0.1, 0.15) is 21.0 Å². The maximum Gasteiger partial charge on any atom is 0.274 e. The summed E-state index contributed by atoms with van der Waals surface area (Å²) in [4.78, 5) is 24.6. The van der Waals surface area contributed by atoms with Crippen LogP contribution in [0.15, 0.2) is 72.9 Å². The van der Waals surface area contributed by atoms with E-state index in [1.165, 1.54) is 6.07 Å². The average molecular weight is 420 g/mol. The molecule has 0 atom stereocenters. The van der Waals surface area contributed by atoms with Crippen molar-refractivity contribution >= 4 is 29.1 Å². The SMILES string of the molecule is Cn1cc(NC(=O)c2cc(-c3ccc(Cl)cc3)nn2-c2ccccc2)cc1C(N)=O. The van der Waals surface area contributed by atoms with E-state index in [0.29, 0.717) is 27.8 Å². The lowest BCUT2D eigenvalue weighted by Gasteiger charge is -2.07. The first-order valence-electron chi connectivity index (χ1n) is 9.11. The van der Waals surface area contributed by atoms with Crippen LogP contribution in [0.5, 0.6) is 0 Å². The molecule has 0 radical (unpaired) electrons. The lowest BCUT2D eigenvalue weighted by Crippen LogP contribution is -2.16. The van der Waals surface area contributed by atoms with Crippen molar-refractivity contribution in [2.75, 3.05) is 5.32 Å². The minimum atomic E-state index is -0.572. The molecule has 0 bridgehead atoms. The van der Waals surface area contributed by atoms with E-state index in [4.69, 9.17) is 17.3 Å². The smallest absolute Gasteiger partial charge is 0.274 e. The Morgan fingerprint density at radius 1 is 1.00 bits per heavy atom. The third-order valence-electron chi connectivity index (χ3n) is 4.60. The number of rotatable bonds is 5. The van der Waals surface area contributed by atoms with Gasteiger partial charge in [-0.3, -0.25) is 9.59 Å². The summed E-state index contributed by atoms with van der Waals surface area (Å²) in [6.45, 7) is 0. The summed E-state index contributed by atoms with van der Waals surface area (Å²) in [6.07, 6.45) is 1.63. The Morgan fingerprint density at radius 2 is 1.70 bits per heavy atom. The van der Waals surface area contributed by atoms with Crippen molar-refractivity contribution in [3.63, 3.8) is 0 Å². The molecule has 0 aliphatic carbocycles. The van der Waals surface area contributed by atoms with Crippen LogP contribution in [0.4, 0.5) is 5.69 Å². The lowest BCUT2D eigenvalue weighted by atomic mass is 10.1. The van der Waals surface area contributed by atoms with Gasteiger partial charge in [-0.1, -0.05) is 41.9 Å². The van der Waals surface area contributed by atoms with E-state index < -0.39 is 5.91 Å². The molecule has 150 valence electrons. The highest BCUT2D eigenvalue weighted by atomic mass is 35.5. The number of aryl methyl sites for hydroxylation is 1. The summed E-state index contributed by atoms with van der Waals surface area (Å²) in [5.41, 5.74) is 8.66. The Kier molecular flexibility index (Phi) is 5.12. The van der Waals surface area contributed by atoms with Gasteiger partial charge in [-0.2, -0.15) is 5.10 Å². The summed E-state index contributed by atoms with van der Waals surface area (Å²) in [6, 6.07) is 19.8. The largest absolute Gasteiger partial charge is 0.364 e. The molecular formula is C22H18ClN5O2. The molecule has 2 amide bonds. The molecule has 0 fully saturated rings. The Balaban J connectivity index is 1.73. The minimum Gasteiger partial charge on any atom is -0.364 e. The van der Waals surface area contributed by atoms with Crippen LogP contribution in [-0.4, -0.2) is 26.2 Å². The Hall–Kier alpha value is -3.84. The molecule has 0 aliphatic heterocycles. The zero-order chi connectivity index (χ0) is 21.3. The fourth-order valence-corrected chi connectivity index (χ4v) is 3.27. The van der Waals surface area contributed by atoms with E-state index in [9.17, 15) is 9.59 Å². The third-order valence-corrected chi connectivity index (χ3v) is 4.85. The van der Waals surface area contributed by atoms with E-state index in [1.807, 2.05) is 42.5 Å². The maximum absolute atomic E-state index is 13.1. The van der Waals surface area contributed by atoms with Gasteiger partial charge in [0.15, 0.2) is 0 Å². The highest BCUT2D eigenvalue weighted by molar-refractivity contribution is 6.30. The summed E-state index contributed by atoms with van der Waals surface area (Å²) >= 11 is 5.98. The normalized spacial score (nSPS) is 10.7. The van der Waals surface area contributed by atoms with Gasteiger partial charge in [0.25, 0.3) is 11.8 Å². The number of amides is 2. The Morgan fingerprint density at radius 3 is 2.33 bits per heavy atom. The van der Waals surface area contributed by atoms with E-state index in [-0.39, 0.29) is 5.91 Å². The molecular weight excluding hydrogens is 402 g/mol. The number of nitrogens with two attached hydrogens (primary N) is 1. The van der Waals surface area contributed by atoms with Gasteiger partial charge in [-0.15, -0.1) is 0 Å². The molecule has 0 spiro atoms. The molecule has 30 heavy (non-hydrogen) atoms. The highest BCUT2D eigenvalue weighted by Crippen LogP contribution is 2.24. The number of anilines is 1. The predicted molar refractivity (Wildman–Crippen MR) is 116 cm³/mol. The first-order chi connectivity index (χ1) is 14.4. The first kappa shape index (κ1) is 19.5. The molecule has 2 heterocycles. The number of nitrogens with one attached hydrogen (secondary N) is 1. The molecule has 2 aromatic carbocycles. The molecule has 0 unspecified atom stereocenters. The van der Waals surface area contributed by atoms with E-state index in [1.54, 1.807) is 40.7 Å². The number of para-hydroxylation sites is 1. The van der Waals surface area contributed by atoms with Gasteiger partial charge in [-0.05, 0) is 36.4 Å². The molecule has 4 aromatic rings. The van der Waals surface area contributed by atoms with Gasteiger partial charge in [0.1, 0.15) is 11.4 Å². The van der Waals surface area contributed by atoms with Gasteiger partial charge >= 0.3 is 0 Å². The van der Waals surface area contributed by atoms with E-state index in [2.05, 4.69) is 10.4 Å². The van der Waals surface area contributed by atoms with Crippen molar-refractivity contribution in [3.05, 3.63) is 89.3 Å². The van der Waals surface area contributed by atoms with E-state index in [0.717, 1.165) is 11.3 Å². The van der Waals surface area contributed by atoms with Crippen LogP contribution in [0.2, 0.25) is 5.02 Å². The summed E-state index contributed by atoms with van der Waals surface area (Å²) in [7, 11) is 1.68. The quantitative estimate of drug-likeness (QED) is 0.513. The number of primary amides is 1. The molecule has 0 saturated carbocycles. The number of hydrogen-bond acceptors (Lipinski definition) is 3. The number of hydrogen-bond donors (Lipinski definition) is 2. The number of halogens is 1. The van der Waals surface area contributed by atoms with Crippen molar-refractivity contribution in [2.24, 2.45) is 12.8 Å². The van der Waals surface area contributed by atoms with Crippen molar-refractivity contribution in [3.8, 4) is 16.9 Å². The summed E-state index contributed by atoms with van der Waals surface area (Å²) in [5, 5.41) is 8.06. The van der Waals surface area contributed by atoms with Gasteiger partial charge in [0, 0.05) is 23.8 Å². The number of aromatic nitrogens is 3. The monoisotopic (exact) mass is 419 g/mol. The topological polar surface area (TPSA) is 94.9 Å². The Labute approximate surface area is 177 Å². The van der Waals surface area contributed by atoms with Crippen molar-refractivity contribution < 1.29 is 9.59 Å². The van der Waals surface area contributed by atoms with Crippen LogP contribution in [0.25, 0.3) is 16.9 Å². The van der Waals surface area contributed by atoms with Crippen LogP contribution in [0, 0.1) is 0 Å². The molecule has 0 saturated heterocycles. The number of carbonyl (C=O) groups is 2. The predicted octanol–water partition coefficient (Wildman–Crippen LogP) is 3.88. The maximum atomic E-state index is 13.1. The molecule has 3 N–H and O–H groups in total. The van der Waals surface area contributed by atoms with Gasteiger partial charge in [-0.25, -0.2) is 4.68 Å². The van der Waals surface area contributed by atoms with Crippen LogP contribution < -0.4 is 11.1 Å². The molecule has 8 heteroatoms. The highest BCUT2D eigenvalue weighted by Gasteiger charge is 2.19. The van der Waals surface area contributed by atoms with Gasteiger partial charge < -0.3 is 15.6 Å². The molecule has 0 aliphatic rings. The standard InChI is InChI=1S/C22H18ClN5O2/c1-27-13-16(11-19(27)21(24)29)25-22(30)20-12-18(14-7-9-15(23)10-8-14)26-28(20)17-5-3-2-4-6-17/h2-13H,1H3,(H2,24,29)(H,25,30). The Bertz CT molecular complexity index is 1230. The second kappa shape index (κ2) is 7.88.